The Morgan fingerprint density at radius 2 is 1.95 bits per heavy atom. The molecule has 0 spiro atoms. The van der Waals surface area contributed by atoms with Crippen molar-refractivity contribution in [1.29, 1.82) is 0 Å². The zero-order valence-corrected chi connectivity index (χ0v) is 13.5. The molecule has 3 unspecified atom stereocenters. The third-order valence-electron chi connectivity index (χ3n) is 3.83. The predicted molar refractivity (Wildman–Crippen MR) is 87.0 cm³/mol. The molecule has 3 atom stereocenters. The van der Waals surface area contributed by atoms with Crippen LogP contribution in [0.25, 0.3) is 0 Å². The van der Waals surface area contributed by atoms with Gasteiger partial charge in [-0.1, -0.05) is 38.1 Å². The van der Waals surface area contributed by atoms with E-state index < -0.39 is 0 Å². The topological polar surface area (TPSA) is 38.5 Å². The smallest absolute Gasteiger partial charge is 0.0716 e. The third-order valence-corrected chi connectivity index (χ3v) is 5.05. The first-order valence-corrected chi connectivity index (χ1v) is 8.26. The van der Waals surface area contributed by atoms with E-state index in [4.69, 9.17) is 10.5 Å². The Morgan fingerprint density at radius 1 is 1.30 bits per heavy atom. The van der Waals surface area contributed by atoms with Gasteiger partial charge in [0.05, 0.1) is 6.61 Å². The minimum Gasteiger partial charge on any atom is -0.380 e. The number of methoxy groups -OCH3 is 1. The second-order valence-electron chi connectivity index (χ2n) is 5.59. The number of nitrogens with zero attached hydrogens (tertiary/aromatic N) is 1. The summed E-state index contributed by atoms with van der Waals surface area (Å²) in [5, 5.41) is 1.34. The first-order chi connectivity index (χ1) is 9.65. The van der Waals surface area contributed by atoms with Crippen LogP contribution in [0.2, 0.25) is 0 Å². The van der Waals surface area contributed by atoms with Crippen LogP contribution in [0, 0.1) is 0 Å². The maximum Gasteiger partial charge on any atom is 0.0716 e. The van der Waals surface area contributed by atoms with Gasteiger partial charge >= 0.3 is 0 Å². The second-order valence-corrected chi connectivity index (χ2v) is 7.48. The summed E-state index contributed by atoms with van der Waals surface area (Å²) >= 11 is 2.08. The lowest BCUT2D eigenvalue weighted by atomic mass is 9.98. The van der Waals surface area contributed by atoms with Gasteiger partial charge in [0.15, 0.2) is 0 Å². The van der Waals surface area contributed by atoms with Gasteiger partial charge in [0.25, 0.3) is 0 Å². The first kappa shape index (κ1) is 15.8. The highest BCUT2D eigenvalue weighted by atomic mass is 32.2. The number of thioether (sulfide) groups is 1. The van der Waals surface area contributed by atoms with Crippen LogP contribution in [0.15, 0.2) is 24.3 Å². The van der Waals surface area contributed by atoms with Crippen LogP contribution in [0.1, 0.15) is 31.0 Å². The summed E-state index contributed by atoms with van der Waals surface area (Å²) in [7, 11) is 1.75. The van der Waals surface area contributed by atoms with Crippen molar-refractivity contribution in [3.63, 3.8) is 0 Å². The Morgan fingerprint density at radius 3 is 2.55 bits per heavy atom. The number of nitrogens with two attached hydrogens (primary N) is 1. The lowest BCUT2D eigenvalue weighted by Crippen LogP contribution is -2.45. The fraction of sp³-hybridized carbons (Fsp3) is 0.625. The zero-order valence-electron chi connectivity index (χ0n) is 12.7. The van der Waals surface area contributed by atoms with Crippen LogP contribution >= 0.6 is 11.8 Å². The Labute approximate surface area is 126 Å². The molecule has 20 heavy (non-hydrogen) atoms. The van der Waals surface area contributed by atoms with Gasteiger partial charge in [-0.2, -0.15) is 11.8 Å². The van der Waals surface area contributed by atoms with Gasteiger partial charge < -0.3 is 10.5 Å². The predicted octanol–water partition coefficient (Wildman–Crippen LogP) is 2.66. The summed E-state index contributed by atoms with van der Waals surface area (Å²) in [6.07, 6.45) is 0. The highest BCUT2D eigenvalue weighted by molar-refractivity contribution is 8.00. The molecule has 112 valence electrons. The minimum absolute atomic E-state index is 0.298. The molecule has 1 heterocycles. The van der Waals surface area contributed by atoms with E-state index in [0.717, 1.165) is 13.1 Å². The number of hydrogen-bond acceptors (Lipinski definition) is 4. The SMILES string of the molecule is COCc1ccccc1C(CN)N1CC(C)SC(C)C1. The molecule has 0 bridgehead atoms. The first-order valence-electron chi connectivity index (χ1n) is 7.32. The molecule has 1 aliphatic rings. The van der Waals surface area contributed by atoms with Crippen molar-refractivity contribution in [3.05, 3.63) is 35.4 Å². The van der Waals surface area contributed by atoms with E-state index in [1.165, 1.54) is 11.1 Å². The second kappa shape index (κ2) is 7.46. The van der Waals surface area contributed by atoms with Gasteiger partial charge in [0.2, 0.25) is 0 Å². The molecule has 1 saturated heterocycles. The highest BCUT2D eigenvalue weighted by Crippen LogP contribution is 2.32. The molecule has 2 N–H and O–H groups in total. The third kappa shape index (κ3) is 3.76. The minimum atomic E-state index is 0.298. The Bertz CT molecular complexity index is 417. The molecule has 1 aromatic rings. The maximum atomic E-state index is 6.10. The van der Waals surface area contributed by atoms with Gasteiger partial charge in [0.1, 0.15) is 0 Å². The summed E-state index contributed by atoms with van der Waals surface area (Å²) in [4.78, 5) is 2.54. The molecule has 1 fully saturated rings. The average molecular weight is 294 g/mol. The summed E-state index contributed by atoms with van der Waals surface area (Å²) in [5.41, 5.74) is 8.68. The van der Waals surface area contributed by atoms with Gasteiger partial charge in [-0.15, -0.1) is 0 Å². The number of ether oxygens (including phenoxy) is 1. The molecule has 0 aromatic heterocycles. The van der Waals surface area contributed by atoms with E-state index in [9.17, 15) is 0 Å². The summed E-state index contributed by atoms with van der Waals surface area (Å²) in [6, 6.07) is 8.81. The fourth-order valence-corrected chi connectivity index (χ4v) is 4.44. The maximum absolute atomic E-state index is 6.10. The molecule has 1 aromatic carbocycles. The van der Waals surface area contributed by atoms with Crippen molar-refractivity contribution in [2.45, 2.75) is 37.0 Å². The molecule has 3 nitrogen and oxygen atoms in total. The quantitative estimate of drug-likeness (QED) is 0.906. The van der Waals surface area contributed by atoms with Crippen LogP contribution < -0.4 is 5.73 Å². The average Bonchev–Trinajstić information content (AvgIpc) is 2.41. The van der Waals surface area contributed by atoms with E-state index in [2.05, 4.69) is 54.8 Å². The van der Waals surface area contributed by atoms with E-state index in [1.54, 1.807) is 7.11 Å². The normalized spacial score (nSPS) is 25.6. The van der Waals surface area contributed by atoms with Crippen LogP contribution in [0.5, 0.6) is 0 Å². The lowest BCUT2D eigenvalue weighted by Gasteiger charge is -2.40. The lowest BCUT2D eigenvalue weighted by molar-refractivity contribution is 0.174. The summed E-state index contributed by atoms with van der Waals surface area (Å²) in [6.45, 7) is 8.14. The van der Waals surface area contributed by atoms with E-state index in [1.807, 2.05) is 0 Å². The molecule has 1 aliphatic heterocycles. The van der Waals surface area contributed by atoms with E-state index >= 15 is 0 Å². The van der Waals surface area contributed by atoms with Crippen molar-refractivity contribution in [2.75, 3.05) is 26.7 Å². The van der Waals surface area contributed by atoms with Crippen molar-refractivity contribution >= 4 is 11.8 Å². The van der Waals surface area contributed by atoms with Crippen LogP contribution in [0.3, 0.4) is 0 Å². The standard InChI is InChI=1S/C16H26N2OS/c1-12-9-18(10-13(2)20-12)16(8-17)15-7-5-4-6-14(15)11-19-3/h4-7,12-13,16H,8-11,17H2,1-3H3. The molecular weight excluding hydrogens is 268 g/mol. The van der Waals surface area contributed by atoms with Crippen molar-refractivity contribution in [3.8, 4) is 0 Å². The molecule has 0 amide bonds. The monoisotopic (exact) mass is 294 g/mol. The molecule has 2 rings (SSSR count). The highest BCUT2D eigenvalue weighted by Gasteiger charge is 2.28. The largest absolute Gasteiger partial charge is 0.380 e. The van der Waals surface area contributed by atoms with Crippen molar-refractivity contribution in [2.24, 2.45) is 5.73 Å². The number of rotatable bonds is 5. The molecule has 0 radical (unpaired) electrons. The summed E-state index contributed by atoms with van der Waals surface area (Å²) < 4.78 is 5.33. The Hall–Kier alpha value is -0.550. The van der Waals surface area contributed by atoms with Crippen LogP contribution in [0.4, 0.5) is 0 Å². The molecular formula is C16H26N2OS. The zero-order chi connectivity index (χ0) is 14.5. The molecule has 4 heteroatoms. The van der Waals surface area contributed by atoms with Crippen molar-refractivity contribution in [1.82, 2.24) is 4.90 Å². The number of hydrogen-bond donors (Lipinski definition) is 1. The Balaban J connectivity index is 2.23. The fourth-order valence-electron chi connectivity index (χ4n) is 3.09. The van der Waals surface area contributed by atoms with Crippen LogP contribution in [-0.2, 0) is 11.3 Å². The van der Waals surface area contributed by atoms with Gasteiger partial charge in [0, 0.05) is 43.3 Å². The van der Waals surface area contributed by atoms with Crippen LogP contribution in [-0.4, -0.2) is 42.1 Å². The molecule has 0 saturated carbocycles. The van der Waals surface area contributed by atoms with Gasteiger partial charge in [-0.25, -0.2) is 0 Å². The van der Waals surface area contributed by atoms with Crippen molar-refractivity contribution < 1.29 is 4.74 Å². The Kier molecular flexibility index (Phi) is 5.90. The van der Waals surface area contributed by atoms with E-state index in [-0.39, 0.29) is 0 Å². The van der Waals surface area contributed by atoms with Gasteiger partial charge in [-0.05, 0) is 11.1 Å². The van der Waals surface area contributed by atoms with E-state index in [0.29, 0.717) is 29.7 Å². The van der Waals surface area contributed by atoms with Gasteiger partial charge in [-0.3, -0.25) is 4.90 Å². The summed E-state index contributed by atoms with van der Waals surface area (Å²) in [5.74, 6) is 0. The number of benzene rings is 1. The molecule has 0 aliphatic carbocycles.